The van der Waals surface area contributed by atoms with E-state index in [0.29, 0.717) is 12.1 Å². The molecule has 0 radical (unpaired) electrons. The first-order valence-corrected chi connectivity index (χ1v) is 8.36. The number of halogens is 2. The predicted octanol–water partition coefficient (Wildman–Crippen LogP) is 4.25. The number of carbonyl (C=O) groups is 1. The maximum atomic E-state index is 12.0. The van der Waals surface area contributed by atoms with Gasteiger partial charge in [-0.3, -0.25) is 4.79 Å². The molecule has 2 rings (SSSR count). The van der Waals surface area contributed by atoms with Gasteiger partial charge in [0, 0.05) is 22.5 Å². The molecule has 0 aromatic heterocycles. The first-order chi connectivity index (χ1) is 10.2. The number of hydrogen-bond acceptors (Lipinski definition) is 1. The molecule has 0 heterocycles. The molecule has 21 heavy (non-hydrogen) atoms. The first kappa shape index (κ1) is 16.1. The van der Waals surface area contributed by atoms with Gasteiger partial charge in [-0.1, -0.05) is 51.8 Å². The number of aryl methyl sites for hydroxylation is 1. The Hall–Kier alpha value is -1.32. The summed E-state index contributed by atoms with van der Waals surface area (Å²) in [6, 6.07) is 15.4. The van der Waals surface area contributed by atoms with Crippen molar-refractivity contribution in [2.24, 2.45) is 0 Å². The van der Waals surface area contributed by atoms with Crippen molar-refractivity contribution in [1.82, 2.24) is 5.32 Å². The zero-order valence-electron chi connectivity index (χ0n) is 11.6. The highest BCUT2D eigenvalue weighted by Crippen LogP contribution is 2.10. The number of hydrogen-bond donors (Lipinski definition) is 1. The van der Waals surface area contributed by atoms with Gasteiger partial charge in [-0.25, -0.2) is 0 Å². The van der Waals surface area contributed by atoms with Crippen molar-refractivity contribution in [1.29, 1.82) is 0 Å². The topological polar surface area (TPSA) is 29.1 Å². The molecule has 0 aliphatic rings. The summed E-state index contributed by atoms with van der Waals surface area (Å²) in [5, 5.41) is 4.59. The van der Waals surface area contributed by atoms with Crippen molar-refractivity contribution in [3.8, 4) is 0 Å². The van der Waals surface area contributed by atoms with Crippen LogP contribution in [0.3, 0.4) is 0 Å². The van der Waals surface area contributed by atoms with E-state index >= 15 is 0 Å². The van der Waals surface area contributed by atoms with Crippen LogP contribution < -0.4 is 5.32 Å². The fourth-order valence-corrected chi connectivity index (χ4v) is 2.59. The summed E-state index contributed by atoms with van der Waals surface area (Å²) in [6.07, 6.45) is 1.77. The highest BCUT2D eigenvalue weighted by atomic mass is 79.9. The molecule has 2 aromatic carbocycles. The van der Waals surface area contributed by atoms with Gasteiger partial charge in [-0.2, -0.15) is 0 Å². The van der Waals surface area contributed by atoms with E-state index in [1.54, 1.807) is 0 Å². The van der Waals surface area contributed by atoms with Crippen LogP contribution in [0.25, 0.3) is 0 Å². The zero-order valence-corrected chi connectivity index (χ0v) is 14.0. The van der Waals surface area contributed by atoms with Gasteiger partial charge in [0.2, 0.25) is 0 Å². The van der Waals surface area contributed by atoms with Gasteiger partial charge >= 0.3 is 0 Å². The molecule has 1 N–H and O–H groups in total. The molecule has 0 aliphatic heterocycles. The lowest BCUT2D eigenvalue weighted by molar-refractivity contribution is 0.0954. The smallest absolute Gasteiger partial charge is 0.251 e. The van der Waals surface area contributed by atoms with E-state index in [-0.39, 0.29) is 5.91 Å². The average Bonchev–Trinajstić information content (AvgIpc) is 2.50. The second-order valence-electron chi connectivity index (χ2n) is 4.77. The van der Waals surface area contributed by atoms with Crippen LogP contribution in [0.4, 0.5) is 0 Å². The van der Waals surface area contributed by atoms with Crippen LogP contribution in [-0.2, 0) is 12.8 Å². The number of alkyl halides is 1. The summed E-state index contributed by atoms with van der Waals surface area (Å²) in [5.41, 5.74) is 3.08. The number of amides is 1. The van der Waals surface area contributed by atoms with Crippen LogP contribution in [0.5, 0.6) is 0 Å². The van der Waals surface area contributed by atoms with Crippen molar-refractivity contribution in [3.63, 3.8) is 0 Å². The van der Waals surface area contributed by atoms with Crippen molar-refractivity contribution >= 4 is 33.4 Å². The standard InChI is InChI=1S/C17H17BrClNO/c18-11-9-13-1-5-15(6-2-13)17(21)20-12-10-14-3-7-16(19)8-4-14/h1-8H,9-12H2,(H,20,21). The summed E-state index contributed by atoms with van der Waals surface area (Å²) in [6.45, 7) is 0.615. The van der Waals surface area contributed by atoms with Gasteiger partial charge in [-0.05, 0) is 48.2 Å². The Labute approximate surface area is 138 Å². The largest absolute Gasteiger partial charge is 0.352 e. The van der Waals surface area contributed by atoms with E-state index in [1.807, 2.05) is 48.5 Å². The van der Waals surface area contributed by atoms with Gasteiger partial charge < -0.3 is 5.32 Å². The minimum Gasteiger partial charge on any atom is -0.352 e. The third-order valence-corrected chi connectivity index (χ3v) is 3.86. The fraction of sp³-hybridized carbons (Fsp3) is 0.235. The molecule has 0 saturated heterocycles. The zero-order chi connectivity index (χ0) is 15.1. The fourth-order valence-electron chi connectivity index (χ4n) is 2.01. The number of carbonyl (C=O) groups excluding carboxylic acids is 1. The van der Waals surface area contributed by atoms with E-state index in [0.717, 1.165) is 28.8 Å². The molecule has 0 atom stereocenters. The van der Waals surface area contributed by atoms with Crippen LogP contribution in [-0.4, -0.2) is 17.8 Å². The Kier molecular flexibility index (Phi) is 6.27. The van der Waals surface area contributed by atoms with Crippen molar-refractivity contribution in [2.45, 2.75) is 12.8 Å². The lowest BCUT2D eigenvalue weighted by Crippen LogP contribution is -2.25. The highest BCUT2D eigenvalue weighted by molar-refractivity contribution is 9.09. The van der Waals surface area contributed by atoms with Crippen molar-refractivity contribution in [2.75, 3.05) is 11.9 Å². The van der Waals surface area contributed by atoms with Gasteiger partial charge in [0.15, 0.2) is 0 Å². The summed E-state index contributed by atoms with van der Waals surface area (Å²) < 4.78 is 0. The van der Waals surface area contributed by atoms with Crippen LogP contribution >= 0.6 is 27.5 Å². The van der Waals surface area contributed by atoms with Crippen LogP contribution in [0, 0.1) is 0 Å². The molecule has 0 spiro atoms. The molecule has 0 saturated carbocycles. The SMILES string of the molecule is O=C(NCCc1ccc(Cl)cc1)c1ccc(CCBr)cc1. The second-order valence-corrected chi connectivity index (χ2v) is 6.00. The molecule has 0 aliphatic carbocycles. The number of rotatable bonds is 6. The molecular formula is C17H17BrClNO. The van der Waals surface area contributed by atoms with Gasteiger partial charge in [-0.15, -0.1) is 0 Å². The molecule has 0 unspecified atom stereocenters. The quantitative estimate of drug-likeness (QED) is 0.761. The van der Waals surface area contributed by atoms with Crippen molar-refractivity contribution in [3.05, 3.63) is 70.2 Å². The predicted molar refractivity (Wildman–Crippen MR) is 91.4 cm³/mol. The monoisotopic (exact) mass is 365 g/mol. The minimum atomic E-state index is -0.0330. The second kappa shape index (κ2) is 8.20. The van der Waals surface area contributed by atoms with Crippen LogP contribution in [0.15, 0.2) is 48.5 Å². The van der Waals surface area contributed by atoms with Crippen LogP contribution in [0.1, 0.15) is 21.5 Å². The molecule has 0 fully saturated rings. The Balaban J connectivity index is 1.82. The lowest BCUT2D eigenvalue weighted by atomic mass is 10.1. The third kappa shape index (κ3) is 5.18. The lowest BCUT2D eigenvalue weighted by Gasteiger charge is -2.06. The average molecular weight is 367 g/mol. The Morgan fingerprint density at radius 1 is 0.952 bits per heavy atom. The van der Waals surface area contributed by atoms with Gasteiger partial charge in [0.1, 0.15) is 0 Å². The van der Waals surface area contributed by atoms with E-state index < -0.39 is 0 Å². The Bertz CT molecular complexity index is 581. The first-order valence-electron chi connectivity index (χ1n) is 6.86. The molecule has 4 heteroatoms. The minimum absolute atomic E-state index is 0.0330. The molecule has 2 nitrogen and oxygen atoms in total. The summed E-state index contributed by atoms with van der Waals surface area (Å²) in [4.78, 5) is 12.0. The summed E-state index contributed by atoms with van der Waals surface area (Å²) >= 11 is 9.25. The van der Waals surface area contributed by atoms with E-state index in [2.05, 4.69) is 21.2 Å². The number of nitrogens with one attached hydrogen (secondary N) is 1. The third-order valence-electron chi connectivity index (χ3n) is 3.21. The molecule has 1 amide bonds. The Morgan fingerprint density at radius 3 is 2.14 bits per heavy atom. The van der Waals surface area contributed by atoms with E-state index in [4.69, 9.17) is 11.6 Å². The molecular weight excluding hydrogens is 350 g/mol. The van der Waals surface area contributed by atoms with E-state index in [1.165, 1.54) is 5.56 Å². The maximum absolute atomic E-state index is 12.0. The molecule has 0 bridgehead atoms. The normalized spacial score (nSPS) is 10.4. The maximum Gasteiger partial charge on any atom is 0.251 e. The molecule has 110 valence electrons. The Morgan fingerprint density at radius 2 is 1.52 bits per heavy atom. The highest BCUT2D eigenvalue weighted by Gasteiger charge is 2.04. The van der Waals surface area contributed by atoms with Crippen molar-refractivity contribution < 1.29 is 4.79 Å². The molecule has 2 aromatic rings. The van der Waals surface area contributed by atoms with Gasteiger partial charge in [0.05, 0.1) is 0 Å². The number of benzene rings is 2. The summed E-state index contributed by atoms with van der Waals surface area (Å²) in [7, 11) is 0. The van der Waals surface area contributed by atoms with Crippen LogP contribution in [0.2, 0.25) is 5.02 Å². The van der Waals surface area contributed by atoms with E-state index in [9.17, 15) is 4.79 Å². The van der Waals surface area contributed by atoms with Gasteiger partial charge in [0.25, 0.3) is 5.91 Å². The summed E-state index contributed by atoms with van der Waals surface area (Å²) in [5.74, 6) is -0.0330.